The number of ether oxygens (including phenoxy) is 1. The topological polar surface area (TPSA) is 37.4 Å². The summed E-state index contributed by atoms with van der Waals surface area (Å²) in [6.45, 7) is 5.81. The van der Waals surface area contributed by atoms with Crippen molar-refractivity contribution in [1.82, 2.24) is 10.3 Å². The minimum absolute atomic E-state index is 0.743. The molecule has 0 aliphatic carbocycles. The van der Waals surface area contributed by atoms with E-state index in [0.29, 0.717) is 0 Å². The SMILES string of the molecule is COc1ccc2nc(C)c(Cl)c(N3CCNCC3)c2c1. The van der Waals surface area contributed by atoms with Crippen molar-refractivity contribution in [2.24, 2.45) is 0 Å². The van der Waals surface area contributed by atoms with Crippen molar-refractivity contribution in [2.75, 3.05) is 38.2 Å². The number of pyridine rings is 1. The van der Waals surface area contributed by atoms with Gasteiger partial charge in [0.1, 0.15) is 5.75 Å². The highest BCUT2D eigenvalue weighted by Crippen LogP contribution is 2.37. The van der Waals surface area contributed by atoms with Crippen LogP contribution in [0.1, 0.15) is 5.69 Å². The van der Waals surface area contributed by atoms with Crippen LogP contribution in [0.25, 0.3) is 10.9 Å². The van der Waals surface area contributed by atoms with Crippen LogP contribution in [-0.2, 0) is 0 Å². The molecule has 1 aliphatic rings. The van der Waals surface area contributed by atoms with Crippen LogP contribution in [0.5, 0.6) is 5.75 Å². The van der Waals surface area contributed by atoms with Crippen molar-refractivity contribution in [3.8, 4) is 5.75 Å². The second-order valence-electron chi connectivity index (χ2n) is 4.98. The molecule has 20 heavy (non-hydrogen) atoms. The molecule has 3 rings (SSSR count). The zero-order valence-electron chi connectivity index (χ0n) is 11.7. The molecule has 1 N–H and O–H groups in total. The van der Waals surface area contributed by atoms with Crippen LogP contribution in [0.15, 0.2) is 18.2 Å². The summed E-state index contributed by atoms with van der Waals surface area (Å²) in [7, 11) is 1.68. The van der Waals surface area contributed by atoms with E-state index in [-0.39, 0.29) is 0 Å². The summed E-state index contributed by atoms with van der Waals surface area (Å²) in [5, 5.41) is 5.16. The highest BCUT2D eigenvalue weighted by Gasteiger charge is 2.19. The highest BCUT2D eigenvalue weighted by molar-refractivity contribution is 6.35. The Morgan fingerprint density at radius 3 is 2.75 bits per heavy atom. The minimum atomic E-state index is 0.743. The second-order valence-corrected chi connectivity index (χ2v) is 5.36. The zero-order chi connectivity index (χ0) is 14.1. The third kappa shape index (κ3) is 2.30. The zero-order valence-corrected chi connectivity index (χ0v) is 12.5. The summed E-state index contributed by atoms with van der Waals surface area (Å²) in [4.78, 5) is 6.90. The molecule has 2 aromatic rings. The number of piperazine rings is 1. The van der Waals surface area contributed by atoms with Crippen molar-refractivity contribution < 1.29 is 4.74 Å². The number of aryl methyl sites for hydroxylation is 1. The number of nitrogens with one attached hydrogen (secondary N) is 1. The molecule has 0 amide bonds. The maximum atomic E-state index is 6.54. The number of aromatic nitrogens is 1. The fraction of sp³-hybridized carbons (Fsp3) is 0.400. The Kier molecular flexibility index (Phi) is 3.68. The van der Waals surface area contributed by atoms with E-state index in [1.54, 1.807) is 7.11 Å². The summed E-state index contributed by atoms with van der Waals surface area (Å²) in [5.41, 5.74) is 2.91. The van der Waals surface area contributed by atoms with E-state index in [1.165, 1.54) is 0 Å². The molecule has 0 saturated carbocycles. The van der Waals surface area contributed by atoms with Crippen molar-refractivity contribution in [1.29, 1.82) is 0 Å². The summed E-state index contributed by atoms with van der Waals surface area (Å²) < 4.78 is 5.33. The second kappa shape index (κ2) is 5.46. The molecule has 1 aromatic heterocycles. The summed E-state index contributed by atoms with van der Waals surface area (Å²) in [5.74, 6) is 0.829. The van der Waals surface area contributed by atoms with Crippen LogP contribution in [0, 0.1) is 6.92 Å². The summed E-state index contributed by atoms with van der Waals surface area (Å²) >= 11 is 6.54. The van der Waals surface area contributed by atoms with Gasteiger partial charge in [0, 0.05) is 31.6 Å². The largest absolute Gasteiger partial charge is 0.497 e. The van der Waals surface area contributed by atoms with Crippen molar-refractivity contribution in [2.45, 2.75) is 6.92 Å². The quantitative estimate of drug-likeness (QED) is 0.923. The van der Waals surface area contributed by atoms with Crippen LogP contribution < -0.4 is 15.0 Å². The van der Waals surface area contributed by atoms with Gasteiger partial charge in [0.25, 0.3) is 0 Å². The van der Waals surface area contributed by atoms with E-state index < -0.39 is 0 Å². The monoisotopic (exact) mass is 291 g/mol. The van der Waals surface area contributed by atoms with Crippen LogP contribution in [0.2, 0.25) is 5.02 Å². The third-order valence-corrected chi connectivity index (χ3v) is 4.16. The molecule has 1 aliphatic heterocycles. The number of rotatable bonds is 2. The van der Waals surface area contributed by atoms with E-state index in [9.17, 15) is 0 Å². The molecule has 5 heteroatoms. The predicted molar refractivity (Wildman–Crippen MR) is 83.1 cm³/mol. The van der Waals surface area contributed by atoms with E-state index in [0.717, 1.165) is 59.2 Å². The van der Waals surface area contributed by atoms with Gasteiger partial charge in [-0.25, -0.2) is 0 Å². The number of benzene rings is 1. The predicted octanol–water partition coefficient (Wildman–Crippen LogP) is 2.61. The van der Waals surface area contributed by atoms with Crippen LogP contribution in [0.4, 0.5) is 5.69 Å². The molecule has 1 fully saturated rings. The Bertz CT molecular complexity index is 639. The lowest BCUT2D eigenvalue weighted by molar-refractivity contribution is 0.415. The fourth-order valence-electron chi connectivity index (χ4n) is 2.65. The molecule has 1 saturated heterocycles. The normalized spacial score (nSPS) is 15.7. The standard InChI is InChI=1S/C15H18ClN3O/c1-10-14(16)15(19-7-5-17-6-8-19)12-9-11(20-2)3-4-13(12)18-10/h3-4,9,17H,5-8H2,1-2H3. The van der Waals surface area contributed by atoms with Crippen molar-refractivity contribution in [3.05, 3.63) is 28.9 Å². The molecule has 0 atom stereocenters. The molecule has 106 valence electrons. The van der Waals surface area contributed by atoms with Crippen LogP contribution in [-0.4, -0.2) is 38.3 Å². The van der Waals surface area contributed by atoms with Crippen molar-refractivity contribution in [3.63, 3.8) is 0 Å². The Hall–Kier alpha value is -1.52. The molecule has 4 nitrogen and oxygen atoms in total. The van der Waals surface area contributed by atoms with Gasteiger partial charge < -0.3 is 15.0 Å². The molecule has 1 aromatic carbocycles. The number of halogens is 1. The van der Waals surface area contributed by atoms with E-state index in [2.05, 4.69) is 15.2 Å². The van der Waals surface area contributed by atoms with Gasteiger partial charge in [-0.15, -0.1) is 0 Å². The van der Waals surface area contributed by atoms with Gasteiger partial charge in [0.05, 0.1) is 29.0 Å². The average molecular weight is 292 g/mol. The van der Waals surface area contributed by atoms with Gasteiger partial charge in [-0.1, -0.05) is 11.6 Å². The number of methoxy groups -OCH3 is 1. The van der Waals surface area contributed by atoms with Gasteiger partial charge in [0.15, 0.2) is 0 Å². The lowest BCUT2D eigenvalue weighted by Crippen LogP contribution is -2.43. The van der Waals surface area contributed by atoms with Gasteiger partial charge >= 0.3 is 0 Å². The fourth-order valence-corrected chi connectivity index (χ4v) is 2.91. The average Bonchev–Trinajstić information content (AvgIpc) is 2.49. The first-order chi connectivity index (χ1) is 9.70. The number of hydrogen-bond donors (Lipinski definition) is 1. The van der Waals surface area contributed by atoms with E-state index in [1.807, 2.05) is 25.1 Å². The maximum absolute atomic E-state index is 6.54. The molecule has 0 bridgehead atoms. The number of nitrogens with zero attached hydrogens (tertiary/aromatic N) is 2. The van der Waals surface area contributed by atoms with Gasteiger partial charge in [-0.05, 0) is 25.1 Å². The molecular weight excluding hydrogens is 274 g/mol. The van der Waals surface area contributed by atoms with Crippen molar-refractivity contribution >= 4 is 28.2 Å². The minimum Gasteiger partial charge on any atom is -0.497 e. The Morgan fingerprint density at radius 1 is 1.30 bits per heavy atom. The Morgan fingerprint density at radius 2 is 2.05 bits per heavy atom. The first-order valence-corrected chi connectivity index (χ1v) is 7.18. The molecular formula is C15H18ClN3O. The first-order valence-electron chi connectivity index (χ1n) is 6.80. The lowest BCUT2D eigenvalue weighted by atomic mass is 10.1. The third-order valence-electron chi connectivity index (χ3n) is 3.71. The van der Waals surface area contributed by atoms with E-state index >= 15 is 0 Å². The Balaban J connectivity index is 2.22. The number of fused-ring (bicyclic) bond motifs is 1. The molecule has 0 unspecified atom stereocenters. The smallest absolute Gasteiger partial charge is 0.119 e. The summed E-state index contributed by atoms with van der Waals surface area (Å²) in [6.07, 6.45) is 0. The van der Waals surface area contributed by atoms with Crippen LogP contribution >= 0.6 is 11.6 Å². The van der Waals surface area contributed by atoms with Gasteiger partial charge in [-0.3, -0.25) is 4.98 Å². The van der Waals surface area contributed by atoms with Gasteiger partial charge in [0.2, 0.25) is 0 Å². The van der Waals surface area contributed by atoms with E-state index in [4.69, 9.17) is 16.3 Å². The summed E-state index contributed by atoms with van der Waals surface area (Å²) in [6, 6.07) is 5.94. The first kappa shape index (κ1) is 13.5. The lowest BCUT2D eigenvalue weighted by Gasteiger charge is -2.31. The van der Waals surface area contributed by atoms with Crippen LogP contribution in [0.3, 0.4) is 0 Å². The number of hydrogen-bond acceptors (Lipinski definition) is 4. The highest BCUT2D eigenvalue weighted by atomic mass is 35.5. The molecule has 0 spiro atoms. The molecule has 2 heterocycles. The number of anilines is 1. The molecule has 0 radical (unpaired) electrons. The Labute approximate surface area is 123 Å². The van der Waals surface area contributed by atoms with Gasteiger partial charge in [-0.2, -0.15) is 0 Å². The maximum Gasteiger partial charge on any atom is 0.119 e.